The van der Waals surface area contributed by atoms with Gasteiger partial charge in [-0.2, -0.15) is 0 Å². The second-order valence-corrected chi connectivity index (χ2v) is 13.2. The molecule has 2 aromatic carbocycles. The van der Waals surface area contributed by atoms with Crippen LogP contribution in [-0.4, -0.2) is 54.8 Å². The molecule has 1 unspecified atom stereocenters. The van der Waals surface area contributed by atoms with Gasteiger partial charge in [0, 0.05) is 60.8 Å². The topological polar surface area (TPSA) is 61.9 Å². The highest BCUT2D eigenvalue weighted by Gasteiger charge is 2.45. The van der Waals surface area contributed by atoms with Crippen LogP contribution in [0.2, 0.25) is 0 Å². The Balaban J connectivity index is 1.09. The molecule has 0 N–H and O–H groups in total. The van der Waals surface area contributed by atoms with Gasteiger partial charge in [-0.05, 0) is 67.4 Å². The van der Waals surface area contributed by atoms with Crippen molar-refractivity contribution < 1.29 is 9.32 Å². The van der Waals surface area contributed by atoms with Gasteiger partial charge < -0.3 is 14.3 Å². The van der Waals surface area contributed by atoms with Crippen molar-refractivity contribution in [2.75, 3.05) is 32.6 Å². The number of carbonyl (C=O) groups is 1. The van der Waals surface area contributed by atoms with Gasteiger partial charge in [0.15, 0.2) is 0 Å². The van der Waals surface area contributed by atoms with Crippen molar-refractivity contribution in [3.8, 4) is 0 Å². The molecule has 1 fully saturated rings. The van der Waals surface area contributed by atoms with Crippen LogP contribution in [0.4, 0.5) is 5.69 Å². The SMILES string of the molecule is CN(CC1(N(C)C)CC1)c1ccc2c(c1)CC1=NC(c3ccc(CC(=O)Cc4cc(C(C)(C)C)on4)cc3)=CC12. The number of fused-ring (bicyclic) bond motifs is 3. The molecule has 0 saturated heterocycles. The molecule has 0 radical (unpaired) electrons. The van der Waals surface area contributed by atoms with Gasteiger partial charge in [0.05, 0.1) is 17.8 Å². The Morgan fingerprint density at radius 3 is 2.42 bits per heavy atom. The lowest BCUT2D eigenvalue weighted by Crippen LogP contribution is -2.41. The summed E-state index contributed by atoms with van der Waals surface area (Å²) in [7, 11) is 6.61. The molecule has 2 heterocycles. The normalized spacial score (nSPS) is 18.8. The first-order valence-corrected chi connectivity index (χ1v) is 14.4. The molecule has 3 aromatic rings. The highest BCUT2D eigenvalue weighted by molar-refractivity contribution is 6.06. The van der Waals surface area contributed by atoms with Crippen molar-refractivity contribution >= 4 is 22.9 Å². The smallest absolute Gasteiger partial charge is 0.143 e. The maximum Gasteiger partial charge on any atom is 0.143 e. The van der Waals surface area contributed by atoms with Crippen molar-refractivity contribution in [2.45, 2.75) is 69.7 Å². The van der Waals surface area contributed by atoms with Crippen LogP contribution < -0.4 is 4.90 Å². The molecule has 1 aliphatic heterocycles. The van der Waals surface area contributed by atoms with Gasteiger partial charge >= 0.3 is 0 Å². The molecule has 6 nitrogen and oxygen atoms in total. The van der Waals surface area contributed by atoms with Crippen LogP contribution in [0.15, 0.2) is 64.1 Å². The van der Waals surface area contributed by atoms with Crippen LogP contribution in [0.3, 0.4) is 0 Å². The van der Waals surface area contributed by atoms with Crippen LogP contribution in [0.25, 0.3) is 5.70 Å². The third kappa shape index (κ3) is 5.17. The van der Waals surface area contributed by atoms with Crippen molar-refractivity contribution in [1.29, 1.82) is 0 Å². The van der Waals surface area contributed by atoms with E-state index in [1.165, 1.54) is 35.4 Å². The highest BCUT2D eigenvalue weighted by Crippen LogP contribution is 2.43. The summed E-state index contributed by atoms with van der Waals surface area (Å²) >= 11 is 0. The van der Waals surface area contributed by atoms with Gasteiger partial charge in [-0.15, -0.1) is 0 Å². The molecule has 1 atom stereocenters. The van der Waals surface area contributed by atoms with Crippen LogP contribution in [0.5, 0.6) is 0 Å². The summed E-state index contributed by atoms with van der Waals surface area (Å²) in [5.74, 6) is 1.20. The van der Waals surface area contributed by atoms with E-state index in [-0.39, 0.29) is 23.5 Å². The number of likely N-dealkylation sites (N-methyl/N-ethyl adjacent to an activating group) is 2. The first kappa shape index (κ1) is 26.7. The molecular weight excluding hydrogens is 496 g/mol. The van der Waals surface area contributed by atoms with Gasteiger partial charge in [0.2, 0.25) is 0 Å². The number of allylic oxidation sites excluding steroid dienone is 1. The largest absolute Gasteiger partial charge is 0.373 e. The minimum Gasteiger partial charge on any atom is -0.373 e. The fraction of sp³-hybridized carbons (Fsp3) is 0.441. The minimum absolute atomic E-state index is 0.117. The molecule has 1 saturated carbocycles. The average molecular weight is 537 g/mol. The summed E-state index contributed by atoms with van der Waals surface area (Å²) in [6, 6.07) is 17.1. The molecule has 0 amide bonds. The van der Waals surface area contributed by atoms with E-state index in [0.717, 1.165) is 35.5 Å². The second kappa shape index (κ2) is 9.84. The zero-order valence-corrected chi connectivity index (χ0v) is 24.6. The van der Waals surface area contributed by atoms with Crippen molar-refractivity contribution in [3.05, 3.63) is 88.3 Å². The number of aromatic nitrogens is 1. The van der Waals surface area contributed by atoms with E-state index in [2.05, 4.69) is 93.3 Å². The third-order valence-electron chi connectivity index (χ3n) is 8.86. The van der Waals surface area contributed by atoms with E-state index >= 15 is 0 Å². The number of aliphatic imine (C=N–C) groups is 1. The summed E-state index contributed by atoms with van der Waals surface area (Å²) in [5, 5.41) is 4.09. The number of anilines is 1. The standard InChI is InChI=1S/C34H40N4O2/c1-33(2,3)32-19-25(36-40-32)18-27(39)15-22-7-9-23(10-8-22)30-20-29-28-12-11-26(16-24(28)17-31(29)35-30)38(6)21-34(13-14-34)37(4)5/h7-12,16,19-20,29H,13-15,17-18,21H2,1-6H3. The van der Waals surface area contributed by atoms with E-state index in [1.54, 1.807) is 0 Å². The van der Waals surface area contributed by atoms with Gasteiger partial charge in [0.25, 0.3) is 0 Å². The molecule has 6 heteroatoms. The monoisotopic (exact) mass is 536 g/mol. The Labute approximate surface area is 237 Å². The number of carbonyl (C=O) groups excluding carboxylic acids is 1. The maximum atomic E-state index is 12.7. The first-order valence-electron chi connectivity index (χ1n) is 14.4. The lowest BCUT2D eigenvalue weighted by atomic mass is 9.93. The van der Waals surface area contributed by atoms with E-state index in [4.69, 9.17) is 9.52 Å². The van der Waals surface area contributed by atoms with Crippen molar-refractivity contribution in [2.24, 2.45) is 4.99 Å². The molecule has 3 aliphatic rings. The molecule has 0 bridgehead atoms. The summed E-state index contributed by atoms with van der Waals surface area (Å²) in [6.45, 7) is 7.28. The maximum absolute atomic E-state index is 12.7. The number of ketones is 1. The minimum atomic E-state index is -0.117. The Morgan fingerprint density at radius 1 is 1.02 bits per heavy atom. The second-order valence-electron chi connectivity index (χ2n) is 13.2. The Kier molecular flexibility index (Phi) is 6.57. The van der Waals surface area contributed by atoms with Gasteiger partial charge in [-0.25, -0.2) is 0 Å². The van der Waals surface area contributed by atoms with Crippen LogP contribution in [0, 0.1) is 0 Å². The highest BCUT2D eigenvalue weighted by atomic mass is 16.5. The molecule has 1 aromatic heterocycles. The summed E-state index contributed by atoms with van der Waals surface area (Å²) in [5.41, 5.74) is 9.35. The number of hydrogen-bond acceptors (Lipinski definition) is 6. The van der Waals surface area contributed by atoms with Crippen molar-refractivity contribution in [3.63, 3.8) is 0 Å². The van der Waals surface area contributed by atoms with E-state index < -0.39 is 0 Å². The quantitative estimate of drug-likeness (QED) is 0.336. The number of hydrogen-bond donors (Lipinski definition) is 0. The lowest BCUT2D eigenvalue weighted by molar-refractivity contribution is -0.117. The zero-order valence-electron chi connectivity index (χ0n) is 24.6. The summed E-state index contributed by atoms with van der Waals surface area (Å²) < 4.78 is 5.43. The lowest BCUT2D eigenvalue weighted by Gasteiger charge is -2.30. The van der Waals surface area contributed by atoms with Gasteiger partial charge in [0.1, 0.15) is 11.5 Å². The molecular formula is C34H40N4O2. The third-order valence-corrected chi connectivity index (χ3v) is 8.86. The number of benzene rings is 2. The van der Waals surface area contributed by atoms with Gasteiger partial charge in [-0.3, -0.25) is 9.79 Å². The van der Waals surface area contributed by atoms with E-state index in [9.17, 15) is 4.79 Å². The van der Waals surface area contributed by atoms with Crippen LogP contribution in [0.1, 0.15) is 73.2 Å². The molecule has 40 heavy (non-hydrogen) atoms. The predicted molar refractivity (Wildman–Crippen MR) is 161 cm³/mol. The molecule has 2 aliphatic carbocycles. The van der Waals surface area contributed by atoms with E-state index in [1.807, 2.05) is 18.2 Å². The Hall–Kier alpha value is -3.51. The molecule has 208 valence electrons. The van der Waals surface area contributed by atoms with Crippen molar-refractivity contribution in [1.82, 2.24) is 10.1 Å². The average Bonchev–Trinajstić information content (AvgIpc) is 3.21. The Bertz CT molecular complexity index is 1500. The summed E-state index contributed by atoms with van der Waals surface area (Å²) in [4.78, 5) is 22.5. The number of Topliss-reactive ketones (excluding diaryl/α,β-unsaturated/α-hetero) is 1. The van der Waals surface area contributed by atoms with Crippen LogP contribution in [-0.2, 0) is 29.5 Å². The number of nitrogens with zero attached hydrogens (tertiary/aromatic N) is 4. The van der Waals surface area contributed by atoms with Gasteiger partial charge in [-0.1, -0.05) is 56.3 Å². The molecule has 0 spiro atoms. The zero-order chi connectivity index (χ0) is 28.2. The fourth-order valence-corrected chi connectivity index (χ4v) is 6.03. The first-order chi connectivity index (χ1) is 19.0. The van der Waals surface area contributed by atoms with E-state index in [0.29, 0.717) is 17.7 Å². The fourth-order valence-electron chi connectivity index (χ4n) is 6.03. The van der Waals surface area contributed by atoms with Crippen LogP contribution >= 0.6 is 0 Å². The summed E-state index contributed by atoms with van der Waals surface area (Å²) in [6.07, 6.45) is 6.43. The number of rotatable bonds is 9. The Morgan fingerprint density at radius 2 is 1.77 bits per heavy atom. The molecule has 6 rings (SSSR count). The predicted octanol–water partition coefficient (Wildman–Crippen LogP) is 5.99.